The van der Waals surface area contributed by atoms with Crippen LogP contribution in [-0.4, -0.2) is 19.9 Å². The third-order valence-electron chi connectivity index (χ3n) is 8.29. The molecule has 0 bridgehead atoms. The van der Waals surface area contributed by atoms with Crippen LogP contribution in [0, 0.1) is 22.7 Å². The van der Waals surface area contributed by atoms with E-state index >= 15 is 0 Å². The Kier molecular flexibility index (Phi) is 7.15. The first kappa shape index (κ1) is 28.5. The molecule has 0 saturated carbocycles. The molecule has 0 amide bonds. The van der Waals surface area contributed by atoms with Gasteiger partial charge in [-0.05, 0) is 59.7 Å². The van der Waals surface area contributed by atoms with Crippen molar-refractivity contribution in [1.29, 1.82) is 10.5 Å². The number of rotatable bonds is 5. The molecular weight excluding hydrogens is 589 g/mol. The van der Waals surface area contributed by atoms with Crippen molar-refractivity contribution in [1.82, 2.24) is 19.9 Å². The van der Waals surface area contributed by atoms with E-state index in [9.17, 15) is 10.5 Å². The summed E-state index contributed by atoms with van der Waals surface area (Å²) in [7, 11) is 0. The van der Waals surface area contributed by atoms with Crippen LogP contribution in [0.5, 0.6) is 0 Å². The quantitative estimate of drug-likeness (QED) is 0.192. The van der Waals surface area contributed by atoms with E-state index in [-0.39, 0.29) is 0 Å². The third-order valence-corrected chi connectivity index (χ3v) is 8.29. The molecule has 8 rings (SSSR count). The van der Waals surface area contributed by atoms with Gasteiger partial charge in [-0.2, -0.15) is 10.5 Å². The summed E-state index contributed by atoms with van der Waals surface area (Å²) in [6, 6.07) is 51.5. The minimum atomic E-state index is 0.563. The topological polar surface area (TPSA) is 99.1 Å². The molecule has 2 aromatic heterocycles. The molecule has 0 radical (unpaired) electrons. The summed E-state index contributed by atoms with van der Waals surface area (Å²) in [5, 5.41) is 19.1. The van der Waals surface area contributed by atoms with Crippen molar-refractivity contribution in [3.8, 4) is 68.3 Å². The number of hydrogen-bond donors (Lipinski definition) is 0. The Labute approximate surface area is 276 Å². The normalized spacial score (nSPS) is 10.9. The van der Waals surface area contributed by atoms with Gasteiger partial charge in [-0.3, -0.25) is 0 Å². The maximum absolute atomic E-state index is 9.57. The highest BCUT2D eigenvalue weighted by Crippen LogP contribution is 2.35. The molecule has 0 atom stereocenters. The first-order chi connectivity index (χ1) is 23.7. The van der Waals surface area contributed by atoms with Gasteiger partial charge in [-0.1, -0.05) is 97.1 Å². The molecule has 0 spiro atoms. The maximum atomic E-state index is 9.57. The molecule has 2 heterocycles. The van der Waals surface area contributed by atoms with Crippen LogP contribution in [0.15, 0.2) is 146 Å². The van der Waals surface area contributed by atoms with Gasteiger partial charge >= 0.3 is 0 Å². The van der Waals surface area contributed by atoms with Gasteiger partial charge in [-0.15, -0.1) is 0 Å². The molecule has 6 nitrogen and oxygen atoms in total. The van der Waals surface area contributed by atoms with Crippen LogP contribution >= 0.6 is 0 Å². The second kappa shape index (κ2) is 12.1. The van der Waals surface area contributed by atoms with Crippen molar-refractivity contribution in [2.24, 2.45) is 0 Å². The largest absolute Gasteiger partial charge is 0.244 e. The molecule has 222 valence electrons. The average Bonchev–Trinajstić information content (AvgIpc) is 3.17. The second-order valence-electron chi connectivity index (χ2n) is 11.4. The van der Waals surface area contributed by atoms with E-state index in [1.165, 1.54) is 0 Å². The van der Waals surface area contributed by atoms with E-state index in [1.807, 2.05) is 133 Å². The van der Waals surface area contributed by atoms with Crippen LogP contribution in [0.25, 0.3) is 78.2 Å². The van der Waals surface area contributed by atoms with Gasteiger partial charge in [0, 0.05) is 22.3 Å². The van der Waals surface area contributed by atoms with E-state index in [0.29, 0.717) is 22.5 Å². The molecule has 0 unspecified atom stereocenters. The van der Waals surface area contributed by atoms with Crippen LogP contribution < -0.4 is 0 Å². The second-order valence-corrected chi connectivity index (χ2v) is 11.4. The lowest BCUT2D eigenvalue weighted by molar-refractivity contribution is 1.29. The summed E-state index contributed by atoms with van der Waals surface area (Å²) in [5.74, 6) is 0. The number of fused-ring (bicyclic) bond motifs is 2. The summed E-state index contributed by atoms with van der Waals surface area (Å²) >= 11 is 0. The highest BCUT2D eigenvalue weighted by Gasteiger charge is 2.17. The summed E-state index contributed by atoms with van der Waals surface area (Å²) in [5.41, 5.74) is 12.6. The average molecular weight is 613 g/mol. The van der Waals surface area contributed by atoms with Gasteiger partial charge in [-0.25, -0.2) is 19.9 Å². The van der Waals surface area contributed by atoms with E-state index in [1.54, 1.807) is 12.1 Å². The molecule has 0 fully saturated rings. The van der Waals surface area contributed by atoms with E-state index in [4.69, 9.17) is 19.9 Å². The molecule has 0 aliphatic heterocycles. The predicted octanol–water partition coefficient (Wildman–Crippen LogP) is 9.65. The minimum Gasteiger partial charge on any atom is -0.244 e. The number of benzene rings is 6. The monoisotopic (exact) mass is 612 g/mol. The van der Waals surface area contributed by atoms with Gasteiger partial charge in [0.2, 0.25) is 0 Å². The number of hydrogen-bond acceptors (Lipinski definition) is 6. The maximum Gasteiger partial charge on any atom is 0.0991 e. The Bertz CT molecular complexity index is 2400. The van der Waals surface area contributed by atoms with E-state index in [2.05, 4.69) is 12.1 Å². The summed E-state index contributed by atoms with van der Waals surface area (Å²) in [6.45, 7) is 0. The zero-order valence-corrected chi connectivity index (χ0v) is 25.5. The molecule has 48 heavy (non-hydrogen) atoms. The predicted molar refractivity (Wildman–Crippen MR) is 189 cm³/mol. The molecule has 0 saturated heterocycles. The van der Waals surface area contributed by atoms with Crippen LogP contribution in [0.2, 0.25) is 0 Å². The Morgan fingerprint density at radius 2 is 0.688 bits per heavy atom. The van der Waals surface area contributed by atoms with Gasteiger partial charge in [0.1, 0.15) is 0 Å². The van der Waals surface area contributed by atoms with Crippen molar-refractivity contribution in [3.63, 3.8) is 0 Å². The zero-order chi connectivity index (χ0) is 32.5. The molecule has 6 aromatic carbocycles. The van der Waals surface area contributed by atoms with Gasteiger partial charge < -0.3 is 0 Å². The van der Waals surface area contributed by atoms with Crippen LogP contribution in [0.4, 0.5) is 0 Å². The Morgan fingerprint density at radius 3 is 1.10 bits per heavy atom. The fraction of sp³-hybridized carbons (Fsp3) is 0. The van der Waals surface area contributed by atoms with Crippen molar-refractivity contribution >= 4 is 22.1 Å². The van der Waals surface area contributed by atoms with Crippen molar-refractivity contribution < 1.29 is 0 Å². The summed E-state index contributed by atoms with van der Waals surface area (Å²) < 4.78 is 0. The zero-order valence-electron chi connectivity index (χ0n) is 25.5. The highest BCUT2D eigenvalue weighted by molar-refractivity contribution is 5.92. The molecule has 8 aromatic rings. The van der Waals surface area contributed by atoms with Gasteiger partial charge in [0.05, 0.1) is 68.1 Å². The number of nitrogens with zero attached hydrogens (tertiary/aromatic N) is 6. The molecule has 0 aliphatic carbocycles. The lowest BCUT2D eigenvalue weighted by Gasteiger charge is -2.13. The molecule has 0 aliphatic rings. The smallest absolute Gasteiger partial charge is 0.0991 e. The molecule has 0 N–H and O–H groups in total. The standard InChI is InChI=1S/C42H24N6/c43-25-27-9-7-15-33(21-27)41-39(29-11-3-1-4-12-29)45-35-19-17-31(23-37(35)47-41)32-18-20-36-38(24-32)48-42(34-16-8-10-28(22-34)26-44)40(46-36)30-13-5-2-6-14-30/h1-24H. The summed E-state index contributed by atoms with van der Waals surface area (Å²) in [4.78, 5) is 20.4. The van der Waals surface area contributed by atoms with Crippen molar-refractivity contribution in [3.05, 3.63) is 157 Å². The van der Waals surface area contributed by atoms with Crippen LogP contribution in [-0.2, 0) is 0 Å². The molecular formula is C42H24N6. The van der Waals surface area contributed by atoms with Crippen molar-refractivity contribution in [2.75, 3.05) is 0 Å². The Hall–Kier alpha value is -7.02. The van der Waals surface area contributed by atoms with Gasteiger partial charge in [0.25, 0.3) is 0 Å². The lowest BCUT2D eigenvalue weighted by atomic mass is 10.00. The minimum absolute atomic E-state index is 0.563. The highest BCUT2D eigenvalue weighted by atomic mass is 14.8. The first-order valence-corrected chi connectivity index (χ1v) is 15.4. The van der Waals surface area contributed by atoms with Gasteiger partial charge in [0.15, 0.2) is 0 Å². The Balaban J connectivity index is 1.28. The van der Waals surface area contributed by atoms with Crippen LogP contribution in [0.3, 0.4) is 0 Å². The van der Waals surface area contributed by atoms with Crippen LogP contribution in [0.1, 0.15) is 11.1 Å². The fourth-order valence-corrected chi connectivity index (χ4v) is 5.94. The Morgan fingerprint density at radius 1 is 0.312 bits per heavy atom. The molecule has 6 heteroatoms. The first-order valence-electron chi connectivity index (χ1n) is 15.4. The lowest BCUT2D eigenvalue weighted by Crippen LogP contribution is -1.97. The SMILES string of the molecule is N#Cc1cccc(-c2nc3cc(-c4ccc5nc(-c6ccccc6)c(-c6cccc(C#N)c6)nc5c4)ccc3nc2-c2ccccc2)c1. The summed E-state index contributed by atoms with van der Waals surface area (Å²) in [6.07, 6.45) is 0. The van der Waals surface area contributed by atoms with E-state index in [0.717, 1.165) is 66.8 Å². The van der Waals surface area contributed by atoms with Crippen molar-refractivity contribution in [2.45, 2.75) is 0 Å². The number of nitriles is 2. The van der Waals surface area contributed by atoms with E-state index < -0.39 is 0 Å². The fourth-order valence-electron chi connectivity index (χ4n) is 5.94. The number of aromatic nitrogens is 4. The third kappa shape index (κ3) is 5.30.